The Morgan fingerprint density at radius 1 is 1.33 bits per heavy atom. The van der Waals surface area contributed by atoms with E-state index in [9.17, 15) is 9.18 Å². The van der Waals surface area contributed by atoms with E-state index in [4.69, 9.17) is 0 Å². The minimum absolute atomic E-state index is 0.342. The van der Waals surface area contributed by atoms with E-state index in [0.717, 1.165) is 19.3 Å². The summed E-state index contributed by atoms with van der Waals surface area (Å²) in [4.78, 5) is 11.0. The molecular formula is C10H17FO. The zero-order valence-electron chi connectivity index (χ0n) is 7.90. The van der Waals surface area contributed by atoms with Crippen LogP contribution in [0, 0.1) is 0 Å². The maximum Gasteiger partial charge on any atom is 0.190 e. The van der Waals surface area contributed by atoms with Gasteiger partial charge in [-0.1, -0.05) is 26.7 Å². The van der Waals surface area contributed by atoms with E-state index in [2.05, 4.69) is 0 Å². The molecule has 0 unspecified atom stereocenters. The number of carbonyl (C=O) groups excluding carboxylic acids is 1. The molecule has 1 nitrogen and oxygen atoms in total. The van der Waals surface area contributed by atoms with Crippen LogP contribution in [-0.2, 0) is 4.79 Å². The number of hydrogen-bond acceptors (Lipinski definition) is 1. The van der Waals surface area contributed by atoms with Crippen molar-refractivity contribution < 1.29 is 9.18 Å². The van der Waals surface area contributed by atoms with Gasteiger partial charge < -0.3 is 0 Å². The van der Waals surface area contributed by atoms with Gasteiger partial charge >= 0.3 is 0 Å². The van der Waals surface area contributed by atoms with Crippen LogP contribution in [0.15, 0.2) is 11.9 Å². The summed E-state index contributed by atoms with van der Waals surface area (Å²) >= 11 is 0. The van der Waals surface area contributed by atoms with E-state index in [1.165, 1.54) is 6.08 Å². The molecule has 0 aliphatic heterocycles. The van der Waals surface area contributed by atoms with Crippen molar-refractivity contribution in [3.05, 3.63) is 11.9 Å². The number of carbonyl (C=O) groups is 1. The average Bonchev–Trinajstić information content (AvgIpc) is 2.10. The molecule has 0 rings (SSSR count). The molecule has 0 aliphatic rings. The summed E-state index contributed by atoms with van der Waals surface area (Å²) in [6, 6.07) is 0. The van der Waals surface area contributed by atoms with Crippen molar-refractivity contribution in [1.82, 2.24) is 0 Å². The van der Waals surface area contributed by atoms with E-state index in [0.29, 0.717) is 12.8 Å². The molecule has 0 aromatic rings. The lowest BCUT2D eigenvalue weighted by Gasteiger charge is -1.95. The van der Waals surface area contributed by atoms with Crippen molar-refractivity contribution in [3.8, 4) is 0 Å². The van der Waals surface area contributed by atoms with Crippen molar-refractivity contribution >= 4 is 5.78 Å². The Morgan fingerprint density at radius 2 is 2.00 bits per heavy atom. The fourth-order valence-corrected chi connectivity index (χ4v) is 0.842. The molecule has 12 heavy (non-hydrogen) atoms. The summed E-state index contributed by atoms with van der Waals surface area (Å²) in [5.41, 5.74) is 0. The lowest BCUT2D eigenvalue weighted by Crippen LogP contribution is -1.97. The van der Waals surface area contributed by atoms with Gasteiger partial charge in [0.25, 0.3) is 0 Å². The van der Waals surface area contributed by atoms with Gasteiger partial charge in [-0.2, -0.15) is 0 Å². The van der Waals surface area contributed by atoms with Crippen LogP contribution in [0.1, 0.15) is 46.0 Å². The molecule has 0 aromatic heterocycles. The van der Waals surface area contributed by atoms with E-state index >= 15 is 0 Å². The predicted molar refractivity (Wildman–Crippen MR) is 48.6 cm³/mol. The summed E-state index contributed by atoms with van der Waals surface area (Å²) in [5.74, 6) is -0.893. The largest absolute Gasteiger partial charge is 0.292 e. The predicted octanol–water partition coefficient (Wildman–Crippen LogP) is 3.40. The van der Waals surface area contributed by atoms with Gasteiger partial charge in [0.2, 0.25) is 0 Å². The second-order valence-electron chi connectivity index (χ2n) is 2.87. The van der Waals surface area contributed by atoms with Gasteiger partial charge in [0.15, 0.2) is 11.6 Å². The molecule has 2 heteroatoms. The van der Waals surface area contributed by atoms with E-state index in [-0.39, 0.29) is 5.78 Å². The topological polar surface area (TPSA) is 17.1 Å². The first-order chi connectivity index (χ1) is 5.72. The Balaban J connectivity index is 3.75. The first-order valence-electron chi connectivity index (χ1n) is 4.61. The number of Topliss-reactive ketones (excluding diaryl/α,β-unsaturated/α-hetero) is 1. The Bertz CT molecular complexity index is 161. The third-order valence-electron chi connectivity index (χ3n) is 1.64. The minimum Gasteiger partial charge on any atom is -0.292 e. The van der Waals surface area contributed by atoms with Crippen LogP contribution < -0.4 is 0 Å². The van der Waals surface area contributed by atoms with Gasteiger partial charge in [0, 0.05) is 6.42 Å². The summed E-state index contributed by atoms with van der Waals surface area (Å²) in [5, 5.41) is 0. The normalized spacial score (nSPS) is 11.8. The number of unbranched alkanes of at least 4 members (excludes halogenated alkanes) is 2. The number of ketones is 1. The Labute approximate surface area is 73.7 Å². The van der Waals surface area contributed by atoms with Crippen LogP contribution in [0.4, 0.5) is 4.39 Å². The molecule has 0 aliphatic carbocycles. The summed E-state index contributed by atoms with van der Waals surface area (Å²) in [7, 11) is 0. The zero-order chi connectivity index (χ0) is 9.40. The molecule has 0 radical (unpaired) electrons. The molecule has 0 atom stereocenters. The molecule has 0 N–H and O–H groups in total. The van der Waals surface area contributed by atoms with Crippen LogP contribution >= 0.6 is 0 Å². The minimum atomic E-state index is -0.551. The van der Waals surface area contributed by atoms with Gasteiger partial charge in [-0.05, 0) is 18.9 Å². The van der Waals surface area contributed by atoms with Gasteiger partial charge in [-0.25, -0.2) is 4.39 Å². The molecule has 0 spiro atoms. The fourth-order valence-electron chi connectivity index (χ4n) is 0.842. The molecule has 0 saturated heterocycles. The number of hydrogen-bond donors (Lipinski definition) is 0. The molecule has 70 valence electrons. The second kappa shape index (κ2) is 7.01. The van der Waals surface area contributed by atoms with Crippen molar-refractivity contribution in [2.75, 3.05) is 0 Å². The number of rotatable bonds is 6. The highest BCUT2D eigenvalue weighted by Crippen LogP contribution is 2.07. The van der Waals surface area contributed by atoms with Gasteiger partial charge in [-0.15, -0.1) is 0 Å². The maximum absolute atomic E-state index is 12.8. The average molecular weight is 172 g/mol. The monoisotopic (exact) mass is 172 g/mol. The van der Waals surface area contributed by atoms with E-state index < -0.39 is 5.83 Å². The first kappa shape index (κ1) is 11.3. The molecular weight excluding hydrogens is 155 g/mol. The third kappa shape index (κ3) is 5.05. The highest BCUT2D eigenvalue weighted by atomic mass is 19.1. The van der Waals surface area contributed by atoms with Crippen LogP contribution in [0.5, 0.6) is 0 Å². The van der Waals surface area contributed by atoms with Crippen LogP contribution in [0.2, 0.25) is 0 Å². The molecule has 0 amide bonds. The highest BCUT2D eigenvalue weighted by Gasteiger charge is 2.06. The zero-order valence-corrected chi connectivity index (χ0v) is 7.90. The van der Waals surface area contributed by atoms with Gasteiger partial charge in [0.05, 0.1) is 0 Å². The van der Waals surface area contributed by atoms with Crippen molar-refractivity contribution in [3.63, 3.8) is 0 Å². The smallest absolute Gasteiger partial charge is 0.190 e. The first-order valence-corrected chi connectivity index (χ1v) is 4.61. The molecule has 0 heterocycles. The number of halogens is 1. The van der Waals surface area contributed by atoms with Crippen LogP contribution in [0.25, 0.3) is 0 Å². The Hall–Kier alpha value is -0.660. The quantitative estimate of drug-likeness (QED) is 0.561. The Kier molecular flexibility index (Phi) is 6.63. The van der Waals surface area contributed by atoms with Crippen molar-refractivity contribution in [2.45, 2.75) is 46.0 Å². The third-order valence-corrected chi connectivity index (χ3v) is 1.64. The molecule has 0 aromatic carbocycles. The lowest BCUT2D eigenvalue weighted by molar-refractivity contribution is -0.117. The standard InChI is InChI=1S/C10H17FO/c1-3-5-7-9(11)10(12)8-6-4-2/h7H,3-6,8H2,1-2H3/b9-7+. The summed E-state index contributed by atoms with van der Waals surface area (Å²) in [6.07, 6.45) is 5.00. The SMILES string of the molecule is CCC/C=C(/F)C(=O)CCCC. The fraction of sp³-hybridized carbons (Fsp3) is 0.700. The maximum atomic E-state index is 12.8. The van der Waals surface area contributed by atoms with Gasteiger partial charge in [-0.3, -0.25) is 4.79 Å². The molecule has 0 fully saturated rings. The van der Waals surface area contributed by atoms with Crippen LogP contribution in [0.3, 0.4) is 0 Å². The van der Waals surface area contributed by atoms with E-state index in [1.807, 2.05) is 13.8 Å². The van der Waals surface area contributed by atoms with E-state index in [1.54, 1.807) is 0 Å². The highest BCUT2D eigenvalue weighted by molar-refractivity contribution is 5.93. The summed E-state index contributed by atoms with van der Waals surface area (Å²) in [6.45, 7) is 3.95. The van der Waals surface area contributed by atoms with Crippen molar-refractivity contribution in [2.24, 2.45) is 0 Å². The molecule has 0 saturated carbocycles. The lowest BCUT2D eigenvalue weighted by atomic mass is 10.1. The van der Waals surface area contributed by atoms with Crippen molar-refractivity contribution in [1.29, 1.82) is 0 Å². The van der Waals surface area contributed by atoms with Crippen LogP contribution in [-0.4, -0.2) is 5.78 Å². The number of allylic oxidation sites excluding steroid dienone is 2. The molecule has 0 bridgehead atoms. The van der Waals surface area contributed by atoms with Gasteiger partial charge in [0.1, 0.15) is 0 Å². The Morgan fingerprint density at radius 3 is 2.50 bits per heavy atom. The second-order valence-corrected chi connectivity index (χ2v) is 2.87. The summed E-state index contributed by atoms with van der Waals surface area (Å²) < 4.78 is 12.8.